The Morgan fingerprint density at radius 3 is 1.74 bits per heavy atom. The third kappa shape index (κ3) is 10.1. The fourth-order valence-corrected chi connectivity index (χ4v) is 1.80. The van der Waals surface area contributed by atoms with Crippen molar-refractivity contribution in [2.24, 2.45) is 11.3 Å². The zero-order chi connectivity index (χ0) is 12.9. The van der Waals surface area contributed by atoms with E-state index < -0.39 is 0 Å². The summed E-state index contributed by atoms with van der Waals surface area (Å²) >= 11 is 0. The van der Waals surface area contributed by atoms with E-state index >= 15 is 0 Å². The van der Waals surface area contributed by atoms with Crippen LogP contribution in [0.1, 0.15) is 77.2 Å². The Hall–Kier alpha value is -0.370. The largest absolute Gasteiger partial charge is 0.299 e. The van der Waals surface area contributed by atoms with Gasteiger partial charge in [-0.15, -0.1) is 0 Å². The van der Waals surface area contributed by atoms with E-state index in [9.17, 15) is 4.79 Å². The Morgan fingerprint density at radius 2 is 1.47 bits per heavy atom. The summed E-state index contributed by atoms with van der Waals surface area (Å²) in [5.74, 6) is 0.769. The second-order valence-electron chi connectivity index (χ2n) is 5.95. The van der Waals surface area contributed by atoms with E-state index in [0.717, 1.165) is 19.5 Å². The Morgan fingerprint density at radius 1 is 1.11 bits per heavy atom. The van der Waals surface area contributed by atoms with Gasteiger partial charge in [0.15, 0.2) is 0 Å². The highest BCUT2D eigenvalue weighted by atomic mass is 16.1. The molecule has 0 atom stereocenters. The van der Waals surface area contributed by atoms with Crippen molar-refractivity contribution >= 4 is 5.78 Å². The lowest BCUT2D eigenvalue weighted by Gasteiger charge is -2.41. The first-order valence-electron chi connectivity index (χ1n) is 6.56. The van der Waals surface area contributed by atoms with Gasteiger partial charge in [-0.1, -0.05) is 56.9 Å². The number of nitrogens with zero attached hydrogens (tertiary/aromatic N) is 1. The Bertz CT molecular complexity index is 210. The molecular weight excluding hydrogens is 234 g/mol. The van der Waals surface area contributed by atoms with Crippen LogP contribution in [0.3, 0.4) is 0 Å². The first-order chi connectivity index (χ1) is 7.29. The van der Waals surface area contributed by atoms with Crippen molar-refractivity contribution in [2.75, 3.05) is 13.1 Å². The second-order valence-corrected chi connectivity index (χ2v) is 5.95. The molecule has 2 nitrogen and oxygen atoms in total. The monoisotopic (exact) mass is 275 g/mol. The fourth-order valence-electron chi connectivity index (χ4n) is 1.80. The second kappa shape index (κ2) is 11.5. The summed E-state index contributed by atoms with van der Waals surface area (Å²) < 4.78 is 0. The van der Waals surface area contributed by atoms with Crippen molar-refractivity contribution in [3.63, 3.8) is 0 Å². The molecular formula is C17H41NO. The van der Waals surface area contributed by atoms with Gasteiger partial charge in [0.25, 0.3) is 0 Å². The molecule has 1 heterocycles. The molecule has 1 aliphatic rings. The van der Waals surface area contributed by atoms with E-state index in [1.54, 1.807) is 0 Å². The SMILES string of the molecule is C.C.C.CC.CC(C)N1CC(C(=O)CC(C)(C)C)C1. The maximum atomic E-state index is 11.8. The number of rotatable bonds is 3. The summed E-state index contributed by atoms with van der Waals surface area (Å²) in [6, 6.07) is 0.591. The molecule has 0 aliphatic carbocycles. The van der Waals surface area contributed by atoms with Gasteiger partial charge in [-0.05, 0) is 19.3 Å². The van der Waals surface area contributed by atoms with Crippen molar-refractivity contribution in [1.29, 1.82) is 0 Å². The van der Waals surface area contributed by atoms with Gasteiger partial charge in [-0.25, -0.2) is 0 Å². The minimum absolute atomic E-state index is 0. The van der Waals surface area contributed by atoms with Crippen molar-refractivity contribution in [3.8, 4) is 0 Å². The molecule has 0 spiro atoms. The maximum Gasteiger partial charge on any atom is 0.139 e. The zero-order valence-electron chi connectivity index (χ0n) is 12.1. The highest BCUT2D eigenvalue weighted by Gasteiger charge is 2.34. The summed E-state index contributed by atoms with van der Waals surface area (Å²) in [7, 11) is 0. The molecule has 0 unspecified atom stereocenters. The molecule has 2 heteroatoms. The Labute approximate surface area is 124 Å². The fraction of sp³-hybridized carbons (Fsp3) is 0.941. The van der Waals surface area contributed by atoms with Crippen molar-refractivity contribution in [2.45, 2.75) is 83.2 Å². The summed E-state index contributed by atoms with van der Waals surface area (Å²) in [6.45, 7) is 16.7. The molecule has 1 fully saturated rings. The van der Waals surface area contributed by atoms with Gasteiger partial charge in [0.2, 0.25) is 0 Å². The van der Waals surface area contributed by atoms with E-state index in [2.05, 4.69) is 39.5 Å². The number of hydrogen-bond acceptors (Lipinski definition) is 2. The van der Waals surface area contributed by atoms with Crippen LogP contribution >= 0.6 is 0 Å². The molecule has 120 valence electrons. The average Bonchev–Trinajstić information content (AvgIpc) is 2.00. The molecule has 0 saturated carbocycles. The van der Waals surface area contributed by atoms with E-state index in [-0.39, 0.29) is 27.7 Å². The van der Waals surface area contributed by atoms with Crippen molar-refractivity contribution in [3.05, 3.63) is 0 Å². The third-order valence-electron chi connectivity index (χ3n) is 2.80. The summed E-state index contributed by atoms with van der Waals surface area (Å²) in [5, 5.41) is 0. The van der Waals surface area contributed by atoms with Crippen LogP contribution in [0.15, 0.2) is 0 Å². The molecule has 0 aromatic rings. The minimum Gasteiger partial charge on any atom is -0.299 e. The van der Waals surface area contributed by atoms with Gasteiger partial charge >= 0.3 is 0 Å². The average molecular weight is 276 g/mol. The van der Waals surface area contributed by atoms with Crippen LogP contribution in [0.4, 0.5) is 0 Å². The molecule has 0 N–H and O–H groups in total. The van der Waals surface area contributed by atoms with Crippen LogP contribution in [0, 0.1) is 11.3 Å². The van der Waals surface area contributed by atoms with Gasteiger partial charge in [0.05, 0.1) is 0 Å². The van der Waals surface area contributed by atoms with E-state index in [1.165, 1.54) is 0 Å². The lowest BCUT2D eigenvalue weighted by molar-refractivity contribution is -0.130. The predicted octanol–water partition coefficient (Wildman–Crippen LogP) is 5.27. The van der Waals surface area contributed by atoms with Crippen molar-refractivity contribution < 1.29 is 4.79 Å². The summed E-state index contributed by atoms with van der Waals surface area (Å²) in [6.07, 6.45) is 0.726. The minimum atomic E-state index is 0. The number of likely N-dealkylation sites (tertiary alicyclic amines) is 1. The topological polar surface area (TPSA) is 20.3 Å². The first kappa shape index (κ1) is 27.1. The molecule has 0 amide bonds. The standard InChI is InChI=1S/C12H23NO.C2H6.3CH4/c1-9(2)13-7-10(8-13)11(14)6-12(3,4)5;1-2;;;/h9-10H,6-8H2,1-5H3;1-2H3;3*1H4. The van der Waals surface area contributed by atoms with Crippen LogP contribution in [-0.4, -0.2) is 29.8 Å². The van der Waals surface area contributed by atoms with Gasteiger partial charge in [0.1, 0.15) is 5.78 Å². The molecule has 0 radical (unpaired) electrons. The number of carbonyl (C=O) groups excluding carboxylic acids is 1. The van der Waals surface area contributed by atoms with Crippen LogP contribution in [0.5, 0.6) is 0 Å². The lowest BCUT2D eigenvalue weighted by Crippen LogP contribution is -2.53. The Kier molecular flexibility index (Phi) is 16.3. The molecule has 0 bridgehead atoms. The number of carbonyl (C=O) groups is 1. The van der Waals surface area contributed by atoms with Crippen LogP contribution in [0.2, 0.25) is 0 Å². The maximum absolute atomic E-state index is 11.8. The first-order valence-corrected chi connectivity index (χ1v) is 6.56. The molecule has 1 aliphatic heterocycles. The highest BCUT2D eigenvalue weighted by molar-refractivity contribution is 5.82. The molecule has 19 heavy (non-hydrogen) atoms. The quantitative estimate of drug-likeness (QED) is 0.699. The van der Waals surface area contributed by atoms with E-state index in [0.29, 0.717) is 17.7 Å². The van der Waals surface area contributed by atoms with Gasteiger partial charge in [0, 0.05) is 31.5 Å². The lowest BCUT2D eigenvalue weighted by atomic mass is 9.82. The third-order valence-corrected chi connectivity index (χ3v) is 2.80. The Balaban J connectivity index is -0.000000214. The molecule has 0 aromatic heterocycles. The molecule has 0 aromatic carbocycles. The number of Topliss-reactive ketones (excluding diaryl/α,β-unsaturated/α-hetero) is 1. The van der Waals surface area contributed by atoms with Crippen molar-refractivity contribution in [1.82, 2.24) is 4.90 Å². The highest BCUT2D eigenvalue weighted by Crippen LogP contribution is 2.26. The summed E-state index contributed by atoms with van der Waals surface area (Å²) in [4.78, 5) is 14.1. The van der Waals surface area contributed by atoms with E-state index in [4.69, 9.17) is 0 Å². The summed E-state index contributed by atoms with van der Waals surface area (Å²) in [5.41, 5.74) is 0.148. The number of ketones is 1. The van der Waals surface area contributed by atoms with Crippen LogP contribution in [-0.2, 0) is 4.79 Å². The van der Waals surface area contributed by atoms with E-state index in [1.807, 2.05) is 13.8 Å². The van der Waals surface area contributed by atoms with Crippen LogP contribution in [0.25, 0.3) is 0 Å². The zero-order valence-corrected chi connectivity index (χ0v) is 12.1. The predicted molar refractivity (Wildman–Crippen MR) is 90.8 cm³/mol. The normalized spacial score (nSPS) is 14.9. The smallest absolute Gasteiger partial charge is 0.139 e. The molecule has 1 rings (SSSR count). The van der Waals surface area contributed by atoms with Gasteiger partial charge in [-0.2, -0.15) is 0 Å². The number of hydrogen-bond donors (Lipinski definition) is 0. The van der Waals surface area contributed by atoms with Gasteiger partial charge in [-0.3, -0.25) is 9.69 Å². The van der Waals surface area contributed by atoms with Gasteiger partial charge < -0.3 is 0 Å². The van der Waals surface area contributed by atoms with Crippen LogP contribution < -0.4 is 0 Å². The molecule has 1 saturated heterocycles.